The predicted molar refractivity (Wildman–Crippen MR) is 68.0 cm³/mol. The number of sulfonamides is 1. The second-order valence-corrected chi connectivity index (χ2v) is 6.30. The Balaban J connectivity index is 2.05. The molecule has 1 saturated carbocycles. The molecule has 0 saturated heterocycles. The monoisotopic (exact) mass is 289 g/mol. The van der Waals surface area contributed by atoms with Crippen LogP contribution in [-0.4, -0.2) is 42.5 Å². The molecule has 0 atom stereocenters. The van der Waals surface area contributed by atoms with Crippen molar-refractivity contribution >= 4 is 10.0 Å². The number of ether oxygens (including phenoxy) is 1. The van der Waals surface area contributed by atoms with Crippen LogP contribution in [0.2, 0.25) is 0 Å². The summed E-state index contributed by atoms with van der Waals surface area (Å²) in [5, 5.41) is 15.5. The summed E-state index contributed by atoms with van der Waals surface area (Å²) in [5.41, 5.74) is 0.572. The van der Waals surface area contributed by atoms with Crippen molar-refractivity contribution in [3.63, 3.8) is 0 Å². The second-order valence-electron chi connectivity index (χ2n) is 4.65. The molecule has 1 heterocycles. The molecular formula is C11H19N3O4S. The Morgan fingerprint density at radius 1 is 1.53 bits per heavy atom. The molecule has 0 aromatic carbocycles. The topological polar surface area (TPSA) is 104 Å². The minimum Gasteiger partial charge on any atom is -0.390 e. The number of rotatable bonds is 6. The molecule has 1 aromatic rings. The van der Waals surface area contributed by atoms with E-state index >= 15 is 0 Å². The predicted octanol–water partition coefficient (Wildman–Crippen LogP) is 0.0562. The smallest absolute Gasteiger partial charge is 0.244 e. The largest absolute Gasteiger partial charge is 0.390 e. The van der Waals surface area contributed by atoms with Gasteiger partial charge in [-0.25, -0.2) is 13.1 Å². The summed E-state index contributed by atoms with van der Waals surface area (Å²) in [5.74, 6) is 0. The van der Waals surface area contributed by atoms with Gasteiger partial charge in [0.25, 0.3) is 0 Å². The van der Waals surface area contributed by atoms with Crippen molar-refractivity contribution in [3.05, 3.63) is 11.4 Å². The maximum Gasteiger partial charge on any atom is 0.244 e. The fraction of sp³-hybridized carbons (Fsp3) is 0.727. The molecule has 1 aliphatic rings. The van der Waals surface area contributed by atoms with Crippen molar-refractivity contribution in [2.24, 2.45) is 0 Å². The van der Waals surface area contributed by atoms with E-state index in [-0.39, 0.29) is 22.7 Å². The Morgan fingerprint density at radius 3 is 2.79 bits per heavy atom. The van der Waals surface area contributed by atoms with Gasteiger partial charge in [-0.2, -0.15) is 5.10 Å². The lowest BCUT2D eigenvalue weighted by Gasteiger charge is -2.35. The zero-order chi connectivity index (χ0) is 14.0. The first-order valence-electron chi connectivity index (χ1n) is 6.26. The molecule has 0 radical (unpaired) electrons. The lowest BCUT2D eigenvalue weighted by molar-refractivity contribution is -0.00476. The van der Waals surface area contributed by atoms with Crippen LogP contribution in [0.3, 0.4) is 0 Å². The summed E-state index contributed by atoms with van der Waals surface area (Å²) >= 11 is 0. The highest BCUT2D eigenvalue weighted by molar-refractivity contribution is 7.89. The summed E-state index contributed by atoms with van der Waals surface area (Å²) in [6.07, 6.45) is 1.50. The van der Waals surface area contributed by atoms with Crippen LogP contribution in [0.15, 0.2) is 4.90 Å². The summed E-state index contributed by atoms with van der Waals surface area (Å²) in [4.78, 5) is 0.0508. The Bertz CT molecular complexity index is 534. The van der Waals surface area contributed by atoms with Gasteiger partial charge in [-0.15, -0.1) is 0 Å². The van der Waals surface area contributed by atoms with Crippen molar-refractivity contribution in [1.82, 2.24) is 14.9 Å². The third-order valence-corrected chi connectivity index (χ3v) is 4.92. The van der Waals surface area contributed by atoms with Gasteiger partial charge >= 0.3 is 0 Å². The van der Waals surface area contributed by atoms with Gasteiger partial charge in [0, 0.05) is 12.6 Å². The van der Waals surface area contributed by atoms with E-state index in [0.717, 1.165) is 0 Å². The maximum absolute atomic E-state index is 12.2. The number of nitrogens with one attached hydrogen (secondary N) is 2. The van der Waals surface area contributed by atoms with Gasteiger partial charge in [0.2, 0.25) is 10.0 Å². The van der Waals surface area contributed by atoms with Crippen molar-refractivity contribution in [2.75, 3.05) is 6.61 Å². The van der Waals surface area contributed by atoms with Crippen LogP contribution < -0.4 is 4.72 Å². The van der Waals surface area contributed by atoms with E-state index in [2.05, 4.69) is 14.9 Å². The van der Waals surface area contributed by atoms with Gasteiger partial charge in [0.05, 0.1) is 18.4 Å². The van der Waals surface area contributed by atoms with Crippen LogP contribution in [0, 0.1) is 6.92 Å². The first-order chi connectivity index (χ1) is 8.97. The van der Waals surface area contributed by atoms with Crippen LogP contribution in [-0.2, 0) is 21.4 Å². The van der Waals surface area contributed by atoms with Gasteiger partial charge in [-0.3, -0.25) is 5.10 Å². The van der Waals surface area contributed by atoms with Crippen molar-refractivity contribution in [1.29, 1.82) is 0 Å². The normalized spacial score (nSPS) is 23.3. The standard InChI is InChI=1S/C11H19N3O4S/c1-3-18-9-4-8(5-9)14-19(16,17)11-7(2)12-13-10(11)6-15/h8-9,14-15H,3-6H2,1-2H3,(H,12,13). The summed E-state index contributed by atoms with van der Waals surface area (Å²) in [6.45, 7) is 3.76. The van der Waals surface area contributed by atoms with Gasteiger partial charge in [0.1, 0.15) is 10.6 Å². The van der Waals surface area contributed by atoms with E-state index in [9.17, 15) is 8.42 Å². The molecule has 7 nitrogen and oxygen atoms in total. The van der Waals surface area contributed by atoms with Gasteiger partial charge < -0.3 is 9.84 Å². The Morgan fingerprint density at radius 2 is 2.21 bits per heavy atom. The van der Waals surface area contributed by atoms with E-state index in [1.165, 1.54) is 0 Å². The fourth-order valence-electron chi connectivity index (χ4n) is 2.25. The zero-order valence-corrected chi connectivity index (χ0v) is 11.8. The molecule has 19 heavy (non-hydrogen) atoms. The number of aliphatic hydroxyl groups excluding tert-OH is 1. The number of aromatic amines is 1. The molecule has 0 amide bonds. The average molecular weight is 289 g/mol. The number of nitrogens with zero attached hydrogens (tertiary/aromatic N) is 1. The van der Waals surface area contributed by atoms with E-state index in [1.807, 2.05) is 6.92 Å². The first kappa shape index (κ1) is 14.4. The van der Waals surface area contributed by atoms with Crippen LogP contribution in [0.1, 0.15) is 31.2 Å². The Hall–Kier alpha value is -0.960. The van der Waals surface area contributed by atoms with E-state index < -0.39 is 16.6 Å². The Kier molecular flexibility index (Phi) is 4.24. The van der Waals surface area contributed by atoms with Gasteiger partial charge in [0.15, 0.2) is 0 Å². The number of aryl methyl sites for hydroxylation is 1. The highest BCUT2D eigenvalue weighted by Crippen LogP contribution is 2.26. The van der Waals surface area contributed by atoms with Gasteiger partial charge in [-0.1, -0.05) is 0 Å². The molecule has 0 unspecified atom stereocenters. The minimum absolute atomic E-state index is 0.0508. The van der Waals surface area contributed by atoms with Gasteiger partial charge in [-0.05, 0) is 26.7 Å². The summed E-state index contributed by atoms with van der Waals surface area (Å²) < 4.78 is 32.5. The lowest BCUT2D eigenvalue weighted by atomic mass is 9.90. The van der Waals surface area contributed by atoms with Crippen LogP contribution in [0.5, 0.6) is 0 Å². The fourth-order valence-corrected chi connectivity index (χ4v) is 3.86. The van der Waals surface area contributed by atoms with E-state index in [0.29, 0.717) is 25.1 Å². The summed E-state index contributed by atoms with van der Waals surface area (Å²) in [6, 6.07) is -0.109. The molecule has 0 bridgehead atoms. The number of hydrogen-bond donors (Lipinski definition) is 3. The van der Waals surface area contributed by atoms with E-state index in [1.54, 1.807) is 6.92 Å². The molecule has 108 valence electrons. The number of aromatic nitrogens is 2. The first-order valence-corrected chi connectivity index (χ1v) is 7.74. The average Bonchev–Trinajstić information content (AvgIpc) is 2.68. The maximum atomic E-state index is 12.2. The zero-order valence-electron chi connectivity index (χ0n) is 11.0. The number of H-pyrrole nitrogens is 1. The molecule has 2 rings (SSSR count). The van der Waals surface area contributed by atoms with Crippen molar-refractivity contribution < 1.29 is 18.3 Å². The third kappa shape index (κ3) is 2.97. The third-order valence-electron chi connectivity index (χ3n) is 3.20. The van der Waals surface area contributed by atoms with Crippen molar-refractivity contribution in [3.8, 4) is 0 Å². The van der Waals surface area contributed by atoms with Crippen LogP contribution in [0.4, 0.5) is 0 Å². The summed E-state index contributed by atoms with van der Waals surface area (Å²) in [7, 11) is -3.65. The number of hydrogen-bond acceptors (Lipinski definition) is 5. The SMILES string of the molecule is CCOC1CC(NS(=O)(=O)c2c(CO)n[nH]c2C)C1. The quantitative estimate of drug-likeness (QED) is 0.687. The Labute approximate surface area is 112 Å². The van der Waals surface area contributed by atoms with E-state index in [4.69, 9.17) is 9.84 Å². The van der Waals surface area contributed by atoms with Crippen molar-refractivity contribution in [2.45, 2.75) is 50.3 Å². The second kappa shape index (κ2) is 5.58. The minimum atomic E-state index is -3.65. The van der Waals surface area contributed by atoms with Crippen LogP contribution >= 0.6 is 0 Å². The highest BCUT2D eigenvalue weighted by Gasteiger charge is 2.34. The lowest BCUT2D eigenvalue weighted by Crippen LogP contribution is -2.47. The molecule has 0 spiro atoms. The molecule has 1 aliphatic carbocycles. The molecule has 1 fully saturated rings. The highest BCUT2D eigenvalue weighted by atomic mass is 32.2. The molecule has 8 heteroatoms. The number of aliphatic hydroxyl groups is 1. The molecule has 1 aromatic heterocycles. The molecule has 0 aliphatic heterocycles. The molecular weight excluding hydrogens is 270 g/mol. The van der Waals surface area contributed by atoms with Crippen LogP contribution in [0.25, 0.3) is 0 Å². The molecule has 3 N–H and O–H groups in total.